The second-order valence-electron chi connectivity index (χ2n) is 3.55. The number of nitrogens with zero attached hydrogens (tertiary/aromatic N) is 2. The van der Waals surface area contributed by atoms with E-state index < -0.39 is 0 Å². The molecule has 1 heterocycles. The lowest BCUT2D eigenvalue weighted by atomic mass is 10.3. The summed E-state index contributed by atoms with van der Waals surface area (Å²) in [6.07, 6.45) is 1.97. The van der Waals surface area contributed by atoms with Gasteiger partial charge in [0.05, 0.1) is 10.7 Å². The monoisotopic (exact) mass is 227 g/mol. The Labute approximate surface area is 96.3 Å². The lowest BCUT2D eigenvalue weighted by Crippen LogP contribution is -2.25. The lowest BCUT2D eigenvalue weighted by molar-refractivity contribution is 0.308. The molecule has 4 heteroatoms. The summed E-state index contributed by atoms with van der Waals surface area (Å²) in [5.74, 6) is 0. The Morgan fingerprint density at radius 2 is 2.07 bits per heavy atom. The maximum absolute atomic E-state index is 5.49. The fraction of sp³-hybridized carbons (Fsp3) is 0.727. The molecule has 0 aliphatic heterocycles. The first-order valence-corrected chi connectivity index (χ1v) is 6.53. The summed E-state index contributed by atoms with van der Waals surface area (Å²) in [5.41, 5.74) is 6.64. The van der Waals surface area contributed by atoms with Gasteiger partial charge < -0.3 is 10.6 Å². The molecule has 3 nitrogen and oxygen atoms in total. The Bertz CT molecular complexity index is 269. The molecule has 0 aliphatic carbocycles. The Hall–Kier alpha value is -0.450. The van der Waals surface area contributed by atoms with Gasteiger partial charge in [-0.3, -0.25) is 0 Å². The van der Waals surface area contributed by atoms with E-state index in [0.29, 0.717) is 6.54 Å². The van der Waals surface area contributed by atoms with E-state index >= 15 is 0 Å². The fourth-order valence-electron chi connectivity index (χ4n) is 1.52. The van der Waals surface area contributed by atoms with Crippen LogP contribution in [-0.4, -0.2) is 36.1 Å². The van der Waals surface area contributed by atoms with Crippen LogP contribution in [0.15, 0.2) is 5.38 Å². The van der Waals surface area contributed by atoms with Crippen LogP contribution in [0.1, 0.15) is 24.5 Å². The zero-order valence-electron chi connectivity index (χ0n) is 9.70. The summed E-state index contributed by atoms with van der Waals surface area (Å²) in [4.78, 5) is 6.97. The van der Waals surface area contributed by atoms with Gasteiger partial charge in [0.15, 0.2) is 0 Å². The molecule has 0 aliphatic rings. The van der Waals surface area contributed by atoms with Gasteiger partial charge in [-0.25, -0.2) is 4.98 Å². The van der Waals surface area contributed by atoms with Crippen molar-refractivity contribution < 1.29 is 0 Å². The zero-order valence-corrected chi connectivity index (χ0v) is 10.5. The van der Waals surface area contributed by atoms with Crippen LogP contribution in [0.4, 0.5) is 0 Å². The van der Waals surface area contributed by atoms with Gasteiger partial charge in [-0.05, 0) is 19.6 Å². The van der Waals surface area contributed by atoms with Gasteiger partial charge in [0.2, 0.25) is 0 Å². The minimum Gasteiger partial charge on any atom is -0.330 e. The summed E-state index contributed by atoms with van der Waals surface area (Å²) >= 11 is 1.76. The van der Waals surface area contributed by atoms with Crippen LogP contribution in [0.25, 0.3) is 0 Å². The van der Waals surface area contributed by atoms with Crippen molar-refractivity contribution in [1.29, 1.82) is 0 Å². The maximum Gasteiger partial charge on any atom is 0.0941 e. The molecule has 2 N–H and O–H groups in total. The molecule has 86 valence electrons. The molecule has 1 aromatic heterocycles. The molecule has 0 saturated heterocycles. The molecule has 0 atom stereocenters. The third kappa shape index (κ3) is 4.28. The number of likely N-dealkylation sites (N-methyl/N-ethyl adjacent to an activating group) is 1. The van der Waals surface area contributed by atoms with Crippen molar-refractivity contribution in [2.75, 3.05) is 26.2 Å². The van der Waals surface area contributed by atoms with Gasteiger partial charge in [-0.15, -0.1) is 11.3 Å². The number of hydrogen-bond acceptors (Lipinski definition) is 4. The number of nitrogens with two attached hydrogens (primary N) is 1. The van der Waals surface area contributed by atoms with Crippen LogP contribution in [0.3, 0.4) is 0 Å². The molecular weight excluding hydrogens is 206 g/mol. The normalized spacial score (nSPS) is 11.2. The summed E-state index contributed by atoms with van der Waals surface area (Å²) in [6, 6.07) is 0. The highest BCUT2D eigenvalue weighted by Crippen LogP contribution is 2.11. The van der Waals surface area contributed by atoms with Crippen molar-refractivity contribution >= 4 is 11.3 Å². The van der Waals surface area contributed by atoms with Crippen molar-refractivity contribution in [1.82, 2.24) is 9.88 Å². The maximum atomic E-state index is 5.49. The van der Waals surface area contributed by atoms with Crippen LogP contribution >= 0.6 is 11.3 Å². The van der Waals surface area contributed by atoms with E-state index in [1.807, 2.05) is 0 Å². The quantitative estimate of drug-likeness (QED) is 0.768. The highest BCUT2D eigenvalue weighted by molar-refractivity contribution is 7.09. The van der Waals surface area contributed by atoms with Gasteiger partial charge in [0.1, 0.15) is 0 Å². The van der Waals surface area contributed by atoms with E-state index in [1.165, 1.54) is 5.01 Å². The van der Waals surface area contributed by atoms with Crippen molar-refractivity contribution in [3.8, 4) is 0 Å². The molecule has 0 amide bonds. The standard InChI is InChI=1S/C11H21N3S/c1-3-14(4-2)8-6-11-13-10(5-7-12)9-15-11/h9H,3-8,12H2,1-2H3. The second-order valence-corrected chi connectivity index (χ2v) is 4.49. The SMILES string of the molecule is CCN(CC)CCc1nc(CCN)cs1. The Balaban J connectivity index is 2.36. The van der Waals surface area contributed by atoms with E-state index in [9.17, 15) is 0 Å². The van der Waals surface area contributed by atoms with Crippen molar-refractivity contribution in [2.24, 2.45) is 5.73 Å². The Morgan fingerprint density at radius 1 is 1.33 bits per heavy atom. The summed E-state index contributed by atoms with van der Waals surface area (Å²) in [5, 5.41) is 3.37. The van der Waals surface area contributed by atoms with Crippen LogP contribution < -0.4 is 5.73 Å². The van der Waals surface area contributed by atoms with Crippen molar-refractivity contribution in [3.05, 3.63) is 16.1 Å². The third-order valence-corrected chi connectivity index (χ3v) is 3.49. The van der Waals surface area contributed by atoms with Gasteiger partial charge in [0, 0.05) is 24.8 Å². The number of rotatable bonds is 7. The molecule has 0 aromatic carbocycles. The van der Waals surface area contributed by atoms with Crippen LogP contribution in [0.2, 0.25) is 0 Å². The average molecular weight is 227 g/mol. The first-order valence-electron chi connectivity index (χ1n) is 5.65. The molecule has 0 spiro atoms. The van der Waals surface area contributed by atoms with Crippen LogP contribution in [0.5, 0.6) is 0 Å². The lowest BCUT2D eigenvalue weighted by Gasteiger charge is -2.16. The predicted octanol–water partition coefficient (Wildman–Crippen LogP) is 1.53. The molecular formula is C11H21N3S. The fourth-order valence-corrected chi connectivity index (χ4v) is 2.34. The van der Waals surface area contributed by atoms with E-state index in [0.717, 1.165) is 38.2 Å². The predicted molar refractivity (Wildman–Crippen MR) is 66.4 cm³/mol. The van der Waals surface area contributed by atoms with Gasteiger partial charge >= 0.3 is 0 Å². The van der Waals surface area contributed by atoms with Gasteiger partial charge in [0.25, 0.3) is 0 Å². The topological polar surface area (TPSA) is 42.2 Å². The van der Waals surface area contributed by atoms with Gasteiger partial charge in [-0.2, -0.15) is 0 Å². The highest BCUT2D eigenvalue weighted by atomic mass is 32.1. The van der Waals surface area contributed by atoms with E-state index in [2.05, 4.69) is 29.1 Å². The highest BCUT2D eigenvalue weighted by Gasteiger charge is 2.04. The first kappa shape index (κ1) is 12.6. The minimum absolute atomic E-state index is 0.694. The van der Waals surface area contributed by atoms with Crippen molar-refractivity contribution in [3.63, 3.8) is 0 Å². The molecule has 0 fully saturated rings. The number of aromatic nitrogens is 1. The Morgan fingerprint density at radius 3 is 2.67 bits per heavy atom. The Kier molecular flexibility index (Phi) is 5.83. The molecule has 0 radical (unpaired) electrons. The number of hydrogen-bond donors (Lipinski definition) is 1. The third-order valence-electron chi connectivity index (χ3n) is 2.54. The van der Waals surface area contributed by atoms with Crippen LogP contribution in [-0.2, 0) is 12.8 Å². The molecule has 0 saturated carbocycles. The average Bonchev–Trinajstić information content (AvgIpc) is 2.68. The first-order chi connectivity index (χ1) is 7.30. The number of thiazole rings is 1. The molecule has 1 rings (SSSR count). The van der Waals surface area contributed by atoms with Crippen molar-refractivity contribution in [2.45, 2.75) is 26.7 Å². The largest absolute Gasteiger partial charge is 0.330 e. The molecule has 0 bridgehead atoms. The van der Waals surface area contributed by atoms with Crippen LogP contribution in [0, 0.1) is 0 Å². The van der Waals surface area contributed by atoms with Gasteiger partial charge in [-0.1, -0.05) is 13.8 Å². The summed E-state index contributed by atoms with van der Waals surface area (Å²) < 4.78 is 0. The van der Waals surface area contributed by atoms with E-state index in [4.69, 9.17) is 5.73 Å². The minimum atomic E-state index is 0.694. The zero-order chi connectivity index (χ0) is 11.1. The second kappa shape index (κ2) is 6.93. The molecule has 15 heavy (non-hydrogen) atoms. The van der Waals surface area contributed by atoms with E-state index in [1.54, 1.807) is 11.3 Å². The molecule has 1 aromatic rings. The van der Waals surface area contributed by atoms with E-state index in [-0.39, 0.29) is 0 Å². The smallest absolute Gasteiger partial charge is 0.0941 e. The molecule has 0 unspecified atom stereocenters. The summed E-state index contributed by atoms with van der Waals surface area (Å²) in [6.45, 7) is 8.45. The summed E-state index contributed by atoms with van der Waals surface area (Å²) in [7, 11) is 0.